The van der Waals surface area contributed by atoms with E-state index in [4.69, 9.17) is 21.7 Å². The third-order valence-corrected chi connectivity index (χ3v) is 3.87. The molecule has 2 atom stereocenters. The fourth-order valence-corrected chi connectivity index (χ4v) is 2.17. The van der Waals surface area contributed by atoms with Crippen LogP contribution in [0, 0.1) is 11.8 Å². The third-order valence-electron chi connectivity index (χ3n) is 3.87. The van der Waals surface area contributed by atoms with Gasteiger partial charge in [0.05, 0.1) is 0 Å². The van der Waals surface area contributed by atoms with Crippen LogP contribution in [0.25, 0.3) is 0 Å². The van der Waals surface area contributed by atoms with Gasteiger partial charge in [-0.25, -0.2) is 9.59 Å². The monoisotopic (exact) mass is 244 g/mol. The Balaban J connectivity index is 2.68. The van der Waals surface area contributed by atoms with Crippen molar-refractivity contribution in [2.24, 2.45) is 23.3 Å². The molecule has 0 amide bonds. The molecule has 6 N–H and O–H groups in total. The molecule has 0 aromatic heterocycles. The zero-order chi connectivity index (χ0) is 13.2. The van der Waals surface area contributed by atoms with E-state index in [2.05, 4.69) is 0 Å². The Morgan fingerprint density at radius 3 is 2.12 bits per heavy atom. The molecule has 1 fully saturated rings. The first-order valence-electron chi connectivity index (χ1n) is 5.81. The van der Waals surface area contributed by atoms with Crippen LogP contribution in [-0.2, 0) is 9.59 Å². The number of hydrogen-bond donors (Lipinski definition) is 4. The molecule has 0 aliphatic heterocycles. The van der Waals surface area contributed by atoms with E-state index in [0.717, 1.165) is 19.3 Å². The molecular formula is C11H20N2O4. The molecule has 0 saturated heterocycles. The van der Waals surface area contributed by atoms with Gasteiger partial charge in [-0.05, 0) is 31.1 Å². The van der Waals surface area contributed by atoms with Gasteiger partial charge in [0.2, 0.25) is 5.54 Å². The number of nitrogens with two attached hydrogens (primary N) is 2. The molecule has 98 valence electrons. The largest absolute Gasteiger partial charge is 0.479 e. The standard InChI is InChI=1S/C11H20N2O4/c1-6(5-8(12)7-3-2-4-7)11(13,9(14)15)10(16)17/h6-8H,2-5,12-13H2,1H3,(H,14,15)(H,16,17). The zero-order valence-electron chi connectivity index (χ0n) is 9.93. The summed E-state index contributed by atoms with van der Waals surface area (Å²) in [7, 11) is 0. The topological polar surface area (TPSA) is 127 Å². The quantitative estimate of drug-likeness (QED) is 0.487. The summed E-state index contributed by atoms with van der Waals surface area (Å²) in [5, 5.41) is 17.9. The predicted molar refractivity (Wildman–Crippen MR) is 61.3 cm³/mol. The van der Waals surface area contributed by atoms with E-state index in [9.17, 15) is 9.59 Å². The van der Waals surface area contributed by atoms with Crippen molar-refractivity contribution in [3.8, 4) is 0 Å². The number of carboxylic acids is 2. The van der Waals surface area contributed by atoms with Crippen molar-refractivity contribution < 1.29 is 19.8 Å². The molecular weight excluding hydrogens is 224 g/mol. The lowest BCUT2D eigenvalue weighted by Gasteiger charge is -2.35. The van der Waals surface area contributed by atoms with E-state index < -0.39 is 23.4 Å². The Morgan fingerprint density at radius 2 is 1.82 bits per heavy atom. The van der Waals surface area contributed by atoms with Gasteiger partial charge in [-0.2, -0.15) is 0 Å². The third kappa shape index (κ3) is 2.58. The molecule has 2 unspecified atom stereocenters. The maximum absolute atomic E-state index is 11.0. The summed E-state index contributed by atoms with van der Waals surface area (Å²) >= 11 is 0. The smallest absolute Gasteiger partial charge is 0.335 e. The van der Waals surface area contributed by atoms with Gasteiger partial charge in [0, 0.05) is 6.04 Å². The lowest BCUT2D eigenvalue weighted by molar-refractivity contribution is -0.160. The van der Waals surface area contributed by atoms with Gasteiger partial charge >= 0.3 is 11.9 Å². The first-order chi connectivity index (χ1) is 7.80. The maximum atomic E-state index is 11.0. The number of hydrogen-bond acceptors (Lipinski definition) is 4. The Bertz CT molecular complexity index is 301. The minimum atomic E-state index is -2.25. The molecule has 6 nitrogen and oxygen atoms in total. The van der Waals surface area contributed by atoms with Crippen molar-refractivity contribution in [2.75, 3.05) is 0 Å². The second-order valence-corrected chi connectivity index (χ2v) is 4.97. The molecule has 0 radical (unpaired) electrons. The van der Waals surface area contributed by atoms with Crippen LogP contribution >= 0.6 is 0 Å². The van der Waals surface area contributed by atoms with E-state index in [1.54, 1.807) is 0 Å². The highest BCUT2D eigenvalue weighted by Gasteiger charge is 2.48. The minimum Gasteiger partial charge on any atom is -0.479 e. The van der Waals surface area contributed by atoms with Gasteiger partial charge in [-0.1, -0.05) is 13.3 Å². The van der Waals surface area contributed by atoms with Crippen molar-refractivity contribution in [3.63, 3.8) is 0 Å². The van der Waals surface area contributed by atoms with Crippen molar-refractivity contribution in [3.05, 3.63) is 0 Å². The molecule has 6 heteroatoms. The second-order valence-electron chi connectivity index (χ2n) is 4.97. The van der Waals surface area contributed by atoms with Crippen LogP contribution in [-0.4, -0.2) is 33.7 Å². The lowest BCUT2D eigenvalue weighted by Crippen LogP contribution is -2.60. The Morgan fingerprint density at radius 1 is 1.35 bits per heavy atom. The van der Waals surface area contributed by atoms with Gasteiger partial charge in [-0.3, -0.25) is 0 Å². The fourth-order valence-electron chi connectivity index (χ4n) is 2.17. The Hall–Kier alpha value is -1.14. The molecule has 0 aromatic carbocycles. The highest BCUT2D eigenvalue weighted by Crippen LogP contribution is 2.32. The molecule has 0 aromatic rings. The number of carbonyl (C=O) groups is 2. The van der Waals surface area contributed by atoms with E-state index in [1.165, 1.54) is 6.92 Å². The van der Waals surface area contributed by atoms with Gasteiger partial charge in [0.25, 0.3) is 0 Å². The summed E-state index contributed by atoms with van der Waals surface area (Å²) in [6.07, 6.45) is 3.52. The van der Waals surface area contributed by atoms with Crippen molar-refractivity contribution in [1.29, 1.82) is 0 Å². The molecule has 1 saturated carbocycles. The fraction of sp³-hybridized carbons (Fsp3) is 0.818. The average molecular weight is 244 g/mol. The zero-order valence-corrected chi connectivity index (χ0v) is 9.93. The summed E-state index contributed by atoms with van der Waals surface area (Å²) < 4.78 is 0. The highest BCUT2D eigenvalue weighted by atomic mass is 16.4. The predicted octanol–water partition coefficient (Wildman–Crippen LogP) is 0.00670. The van der Waals surface area contributed by atoms with Crippen LogP contribution in [0.15, 0.2) is 0 Å². The van der Waals surface area contributed by atoms with Crippen LogP contribution in [0.2, 0.25) is 0 Å². The summed E-state index contributed by atoms with van der Waals surface area (Å²) in [5.41, 5.74) is 9.17. The van der Waals surface area contributed by atoms with Gasteiger partial charge in [0.15, 0.2) is 0 Å². The highest BCUT2D eigenvalue weighted by molar-refractivity contribution is 6.03. The average Bonchev–Trinajstić information content (AvgIpc) is 2.12. The number of rotatable bonds is 6. The van der Waals surface area contributed by atoms with Gasteiger partial charge in [0.1, 0.15) is 0 Å². The molecule has 0 bridgehead atoms. The van der Waals surface area contributed by atoms with Crippen LogP contribution in [0.5, 0.6) is 0 Å². The first-order valence-corrected chi connectivity index (χ1v) is 5.81. The summed E-state index contributed by atoms with van der Waals surface area (Å²) in [6.45, 7) is 1.53. The van der Waals surface area contributed by atoms with E-state index in [0.29, 0.717) is 12.3 Å². The summed E-state index contributed by atoms with van der Waals surface area (Å²) in [4.78, 5) is 22.0. The van der Waals surface area contributed by atoms with Crippen molar-refractivity contribution in [1.82, 2.24) is 0 Å². The van der Waals surface area contributed by atoms with E-state index in [-0.39, 0.29) is 6.04 Å². The van der Waals surface area contributed by atoms with Gasteiger partial charge < -0.3 is 21.7 Å². The molecule has 17 heavy (non-hydrogen) atoms. The van der Waals surface area contributed by atoms with Crippen LogP contribution in [0.3, 0.4) is 0 Å². The van der Waals surface area contributed by atoms with Crippen LogP contribution < -0.4 is 11.5 Å². The number of carboxylic acid groups (broad SMARTS) is 2. The van der Waals surface area contributed by atoms with Crippen molar-refractivity contribution in [2.45, 2.75) is 44.2 Å². The van der Waals surface area contributed by atoms with E-state index >= 15 is 0 Å². The van der Waals surface area contributed by atoms with Crippen molar-refractivity contribution >= 4 is 11.9 Å². The normalized spacial score (nSPS) is 20.4. The summed E-state index contributed by atoms with van der Waals surface area (Å²) in [6, 6.07) is -0.166. The van der Waals surface area contributed by atoms with Crippen LogP contribution in [0.4, 0.5) is 0 Å². The molecule has 1 aliphatic carbocycles. The lowest BCUT2D eigenvalue weighted by atomic mass is 9.74. The number of aliphatic carboxylic acids is 2. The second kappa shape index (κ2) is 5.01. The SMILES string of the molecule is CC(CC(N)C1CCC1)C(N)(C(=O)O)C(=O)O. The molecule has 0 heterocycles. The summed E-state index contributed by atoms with van der Waals surface area (Å²) in [5.74, 6) is -3.35. The van der Waals surface area contributed by atoms with Crippen LogP contribution in [0.1, 0.15) is 32.6 Å². The Kier molecular flexibility index (Phi) is 4.11. The maximum Gasteiger partial charge on any atom is 0.335 e. The molecule has 1 aliphatic rings. The molecule has 0 spiro atoms. The van der Waals surface area contributed by atoms with E-state index in [1.807, 2.05) is 0 Å². The Labute approximate surface area is 100.0 Å². The van der Waals surface area contributed by atoms with Gasteiger partial charge in [-0.15, -0.1) is 0 Å². The first kappa shape index (κ1) is 13.9. The minimum absolute atomic E-state index is 0.166. The molecule has 1 rings (SSSR count).